The Labute approximate surface area is 148 Å². The zero-order chi connectivity index (χ0) is 18.2. The van der Waals surface area contributed by atoms with E-state index >= 15 is 0 Å². The summed E-state index contributed by atoms with van der Waals surface area (Å²) >= 11 is 0. The molecule has 3 rings (SSSR count). The van der Waals surface area contributed by atoms with Crippen molar-refractivity contribution in [2.24, 2.45) is 0 Å². The quantitative estimate of drug-likeness (QED) is 0.835. The van der Waals surface area contributed by atoms with Gasteiger partial charge < -0.3 is 4.90 Å². The number of rotatable bonds is 4. The molecule has 0 aliphatic carbocycles. The second kappa shape index (κ2) is 6.63. The fourth-order valence-electron chi connectivity index (χ4n) is 3.24. The number of aromatic nitrogens is 2. The molecular weight excluding hydrogens is 338 g/mol. The summed E-state index contributed by atoms with van der Waals surface area (Å²) < 4.78 is 25.2. The molecule has 1 atom stereocenters. The highest BCUT2D eigenvalue weighted by atomic mass is 32.2. The molecule has 0 radical (unpaired) electrons. The molecule has 134 valence electrons. The van der Waals surface area contributed by atoms with Crippen LogP contribution in [0.5, 0.6) is 0 Å². The standard InChI is InChI=1S/C18H23N3O3S/c1-4-17-16(11-19-21(17)14-7-5-13(2)6-8-14)18(22)20(3)15-9-10-25(23,24)12-15/h5-8,11,15H,4,9-10,12H2,1-3H3. The van der Waals surface area contributed by atoms with Gasteiger partial charge in [0.15, 0.2) is 9.84 Å². The Kier molecular flexibility index (Phi) is 4.69. The van der Waals surface area contributed by atoms with E-state index in [-0.39, 0.29) is 23.5 Å². The van der Waals surface area contributed by atoms with Gasteiger partial charge in [-0.05, 0) is 31.9 Å². The van der Waals surface area contributed by atoms with Gasteiger partial charge in [-0.3, -0.25) is 4.79 Å². The third-order valence-electron chi connectivity index (χ3n) is 4.79. The third kappa shape index (κ3) is 3.46. The van der Waals surface area contributed by atoms with E-state index in [0.29, 0.717) is 18.4 Å². The average Bonchev–Trinajstić information content (AvgIpc) is 3.17. The third-order valence-corrected chi connectivity index (χ3v) is 6.54. The van der Waals surface area contributed by atoms with Crippen LogP contribution in [-0.4, -0.2) is 53.6 Å². The van der Waals surface area contributed by atoms with Crippen LogP contribution in [0.3, 0.4) is 0 Å². The molecule has 1 aliphatic heterocycles. The van der Waals surface area contributed by atoms with Gasteiger partial charge in [0.25, 0.3) is 5.91 Å². The van der Waals surface area contributed by atoms with Crippen molar-refractivity contribution in [2.45, 2.75) is 32.7 Å². The van der Waals surface area contributed by atoms with Crippen molar-refractivity contribution < 1.29 is 13.2 Å². The highest BCUT2D eigenvalue weighted by molar-refractivity contribution is 7.91. The van der Waals surface area contributed by atoms with Gasteiger partial charge in [-0.15, -0.1) is 0 Å². The molecule has 0 bridgehead atoms. The van der Waals surface area contributed by atoms with E-state index in [1.165, 1.54) is 0 Å². The molecule has 1 aliphatic rings. The lowest BCUT2D eigenvalue weighted by Gasteiger charge is -2.23. The lowest BCUT2D eigenvalue weighted by molar-refractivity contribution is 0.0746. The molecule has 2 aromatic rings. The number of amides is 1. The van der Waals surface area contributed by atoms with Crippen LogP contribution >= 0.6 is 0 Å². The van der Waals surface area contributed by atoms with Crippen LogP contribution in [-0.2, 0) is 16.3 Å². The summed E-state index contributed by atoms with van der Waals surface area (Å²) in [4.78, 5) is 14.5. The smallest absolute Gasteiger partial charge is 0.257 e. The predicted octanol–water partition coefficient (Wildman–Crippen LogP) is 2.00. The molecule has 1 saturated heterocycles. The highest BCUT2D eigenvalue weighted by Gasteiger charge is 2.34. The number of sulfone groups is 1. The summed E-state index contributed by atoms with van der Waals surface area (Å²) in [7, 11) is -1.35. The van der Waals surface area contributed by atoms with Gasteiger partial charge in [-0.25, -0.2) is 13.1 Å². The van der Waals surface area contributed by atoms with Crippen molar-refractivity contribution in [3.63, 3.8) is 0 Å². The number of benzene rings is 1. The molecular formula is C18H23N3O3S. The largest absolute Gasteiger partial charge is 0.338 e. The molecule has 1 amide bonds. The summed E-state index contributed by atoms with van der Waals surface area (Å²) in [6.45, 7) is 4.01. The maximum atomic E-state index is 12.9. The molecule has 2 heterocycles. The summed E-state index contributed by atoms with van der Waals surface area (Å²) in [6, 6.07) is 7.71. The Morgan fingerprint density at radius 1 is 1.32 bits per heavy atom. The topological polar surface area (TPSA) is 72.3 Å². The van der Waals surface area contributed by atoms with E-state index in [4.69, 9.17) is 0 Å². The maximum absolute atomic E-state index is 12.9. The number of carbonyl (C=O) groups is 1. The van der Waals surface area contributed by atoms with Crippen LogP contribution in [0.4, 0.5) is 0 Å². The Morgan fingerprint density at radius 2 is 2.00 bits per heavy atom. The highest BCUT2D eigenvalue weighted by Crippen LogP contribution is 2.22. The van der Waals surface area contributed by atoms with Gasteiger partial charge in [0.1, 0.15) is 0 Å². The van der Waals surface area contributed by atoms with Crippen LogP contribution in [0.15, 0.2) is 30.5 Å². The Hall–Kier alpha value is -2.15. The lowest BCUT2D eigenvalue weighted by atomic mass is 10.1. The van der Waals surface area contributed by atoms with Crippen LogP contribution in [0.1, 0.15) is 35.0 Å². The minimum Gasteiger partial charge on any atom is -0.338 e. The van der Waals surface area contributed by atoms with E-state index < -0.39 is 9.84 Å². The van der Waals surface area contributed by atoms with Gasteiger partial charge in [-0.1, -0.05) is 24.6 Å². The first kappa shape index (κ1) is 17.7. The van der Waals surface area contributed by atoms with Gasteiger partial charge in [-0.2, -0.15) is 5.10 Å². The fourth-order valence-corrected chi connectivity index (χ4v) is 5.01. The Morgan fingerprint density at radius 3 is 2.56 bits per heavy atom. The van der Waals surface area contributed by atoms with E-state index in [1.807, 2.05) is 38.1 Å². The van der Waals surface area contributed by atoms with E-state index in [2.05, 4.69) is 5.10 Å². The summed E-state index contributed by atoms with van der Waals surface area (Å²) in [5, 5.41) is 4.40. The Balaban J connectivity index is 1.90. The van der Waals surface area contributed by atoms with Crippen molar-refractivity contribution in [3.8, 4) is 5.69 Å². The molecule has 1 unspecified atom stereocenters. The van der Waals surface area contributed by atoms with Crippen molar-refractivity contribution in [2.75, 3.05) is 18.6 Å². The van der Waals surface area contributed by atoms with Gasteiger partial charge in [0.2, 0.25) is 0 Å². The first-order valence-electron chi connectivity index (χ1n) is 8.44. The summed E-state index contributed by atoms with van der Waals surface area (Å²) in [5.74, 6) is 0.0266. The number of carbonyl (C=O) groups excluding carboxylic acids is 1. The minimum atomic E-state index is -3.03. The number of aryl methyl sites for hydroxylation is 1. The van der Waals surface area contributed by atoms with Crippen molar-refractivity contribution in [1.82, 2.24) is 14.7 Å². The van der Waals surface area contributed by atoms with E-state index in [0.717, 1.165) is 16.9 Å². The number of nitrogens with zero attached hydrogens (tertiary/aromatic N) is 3. The first-order valence-corrected chi connectivity index (χ1v) is 10.3. The molecule has 1 aromatic carbocycles. The van der Waals surface area contributed by atoms with Crippen molar-refractivity contribution in [3.05, 3.63) is 47.3 Å². The second-order valence-corrected chi connectivity index (χ2v) is 8.81. The zero-order valence-corrected chi connectivity index (χ0v) is 15.6. The second-order valence-electron chi connectivity index (χ2n) is 6.58. The molecule has 0 N–H and O–H groups in total. The molecule has 1 aromatic heterocycles. The first-order chi connectivity index (χ1) is 11.8. The monoisotopic (exact) mass is 361 g/mol. The lowest BCUT2D eigenvalue weighted by Crippen LogP contribution is -2.38. The number of hydrogen-bond donors (Lipinski definition) is 0. The Bertz CT molecular complexity index is 885. The molecule has 6 nitrogen and oxygen atoms in total. The van der Waals surface area contributed by atoms with Crippen LogP contribution in [0, 0.1) is 6.92 Å². The maximum Gasteiger partial charge on any atom is 0.257 e. The van der Waals surface area contributed by atoms with Crippen molar-refractivity contribution in [1.29, 1.82) is 0 Å². The van der Waals surface area contributed by atoms with E-state index in [1.54, 1.807) is 22.8 Å². The van der Waals surface area contributed by atoms with Gasteiger partial charge in [0, 0.05) is 13.1 Å². The summed E-state index contributed by atoms with van der Waals surface area (Å²) in [6.07, 6.45) is 2.74. The molecule has 1 fully saturated rings. The van der Waals surface area contributed by atoms with Crippen LogP contribution < -0.4 is 0 Å². The van der Waals surface area contributed by atoms with Gasteiger partial charge >= 0.3 is 0 Å². The van der Waals surface area contributed by atoms with Crippen molar-refractivity contribution >= 4 is 15.7 Å². The predicted molar refractivity (Wildman–Crippen MR) is 96.8 cm³/mol. The van der Waals surface area contributed by atoms with E-state index in [9.17, 15) is 13.2 Å². The average molecular weight is 361 g/mol. The molecule has 7 heteroatoms. The van der Waals surface area contributed by atoms with Crippen LogP contribution in [0.25, 0.3) is 5.69 Å². The minimum absolute atomic E-state index is 0.0444. The fraction of sp³-hybridized carbons (Fsp3) is 0.444. The normalized spacial score (nSPS) is 19.1. The van der Waals surface area contributed by atoms with Crippen LogP contribution in [0.2, 0.25) is 0 Å². The molecule has 0 saturated carbocycles. The SMILES string of the molecule is CCc1c(C(=O)N(C)C2CCS(=O)(=O)C2)cnn1-c1ccc(C)cc1. The number of hydrogen-bond acceptors (Lipinski definition) is 4. The molecule has 0 spiro atoms. The summed E-state index contributed by atoms with van der Waals surface area (Å²) in [5.41, 5.74) is 3.44. The molecule has 25 heavy (non-hydrogen) atoms. The zero-order valence-electron chi connectivity index (χ0n) is 14.8. The van der Waals surface area contributed by atoms with Gasteiger partial charge in [0.05, 0.1) is 34.6 Å².